The molecule has 1 unspecified atom stereocenters. The first-order valence-corrected chi connectivity index (χ1v) is 4.51. The molecule has 11 heavy (non-hydrogen) atoms. The van der Waals surface area contributed by atoms with Gasteiger partial charge < -0.3 is 15.7 Å². The molecule has 0 saturated heterocycles. The summed E-state index contributed by atoms with van der Waals surface area (Å²) in [6, 6.07) is 0. The molecule has 0 saturated carbocycles. The van der Waals surface area contributed by atoms with Crippen LogP contribution in [-0.2, 0) is 0 Å². The molecule has 0 aliphatic carbocycles. The third kappa shape index (κ3) is 6.62. The molecule has 4 heteroatoms. The van der Waals surface area contributed by atoms with Gasteiger partial charge in [0, 0.05) is 13.1 Å². The van der Waals surface area contributed by atoms with Crippen molar-refractivity contribution in [2.75, 3.05) is 32.4 Å². The summed E-state index contributed by atoms with van der Waals surface area (Å²) in [4.78, 5) is 2.06. The minimum absolute atomic E-state index is 0.339. The summed E-state index contributed by atoms with van der Waals surface area (Å²) >= 11 is 4.09. The van der Waals surface area contributed by atoms with Crippen molar-refractivity contribution in [2.45, 2.75) is 12.5 Å². The number of hydrogen-bond acceptors (Lipinski definition) is 4. The van der Waals surface area contributed by atoms with Gasteiger partial charge in [0.1, 0.15) is 0 Å². The zero-order valence-corrected chi connectivity index (χ0v) is 7.93. The average Bonchev–Trinajstić information content (AvgIpc) is 2.00. The Balaban J connectivity index is 3.27. The molecule has 0 aromatic carbocycles. The largest absolute Gasteiger partial charge is 0.390 e. The lowest BCUT2D eigenvalue weighted by Gasteiger charge is -2.18. The summed E-state index contributed by atoms with van der Waals surface area (Å²) in [7, 11) is 1.97. The van der Waals surface area contributed by atoms with Crippen LogP contribution in [0.4, 0.5) is 0 Å². The van der Waals surface area contributed by atoms with Crippen molar-refractivity contribution < 1.29 is 5.11 Å². The molecule has 0 aliphatic heterocycles. The topological polar surface area (TPSA) is 49.5 Å². The van der Waals surface area contributed by atoms with Gasteiger partial charge in [-0.05, 0) is 25.8 Å². The smallest absolute Gasteiger partial charge is 0.0788 e. The lowest BCUT2D eigenvalue weighted by atomic mass is 10.3. The highest BCUT2D eigenvalue weighted by Gasteiger charge is 2.04. The van der Waals surface area contributed by atoms with E-state index >= 15 is 0 Å². The molecule has 0 rings (SSSR count). The molecular weight excluding hydrogens is 160 g/mol. The summed E-state index contributed by atoms with van der Waals surface area (Å²) in [6.07, 6.45) is 0.664. The molecule has 3 nitrogen and oxygen atoms in total. The van der Waals surface area contributed by atoms with Crippen LogP contribution in [0.3, 0.4) is 0 Å². The molecule has 3 N–H and O–H groups in total. The van der Waals surface area contributed by atoms with Crippen molar-refractivity contribution in [3.63, 3.8) is 0 Å². The number of aliphatic hydroxyl groups is 1. The summed E-state index contributed by atoms with van der Waals surface area (Å²) < 4.78 is 0. The zero-order chi connectivity index (χ0) is 8.69. The van der Waals surface area contributed by atoms with E-state index < -0.39 is 0 Å². The van der Waals surface area contributed by atoms with E-state index in [-0.39, 0.29) is 6.10 Å². The molecule has 1 atom stereocenters. The van der Waals surface area contributed by atoms with Gasteiger partial charge >= 0.3 is 0 Å². The number of aliphatic hydroxyl groups excluding tert-OH is 1. The van der Waals surface area contributed by atoms with Gasteiger partial charge in [-0.3, -0.25) is 0 Å². The molecule has 68 valence electrons. The average molecular weight is 178 g/mol. The molecule has 0 bridgehead atoms. The Labute approximate surface area is 74.0 Å². The van der Waals surface area contributed by atoms with E-state index in [0.717, 1.165) is 18.7 Å². The van der Waals surface area contributed by atoms with E-state index in [1.54, 1.807) is 0 Å². The first-order chi connectivity index (χ1) is 5.20. The molecule has 0 aromatic heterocycles. The fraction of sp³-hybridized carbons (Fsp3) is 1.00. The Hall–Kier alpha value is 0.230. The van der Waals surface area contributed by atoms with Gasteiger partial charge in [0.05, 0.1) is 6.10 Å². The second-order valence-corrected chi connectivity index (χ2v) is 3.18. The van der Waals surface area contributed by atoms with Crippen molar-refractivity contribution in [3.05, 3.63) is 0 Å². The lowest BCUT2D eigenvalue weighted by Crippen LogP contribution is -2.34. The van der Waals surface area contributed by atoms with Crippen LogP contribution in [0.15, 0.2) is 0 Å². The van der Waals surface area contributed by atoms with Crippen LogP contribution in [0.1, 0.15) is 6.42 Å². The third-order valence-electron chi connectivity index (χ3n) is 1.49. The Morgan fingerprint density at radius 3 is 2.73 bits per heavy atom. The second-order valence-electron chi connectivity index (χ2n) is 2.73. The third-order valence-corrected chi connectivity index (χ3v) is 1.81. The molecular formula is C7H18N2OS. The van der Waals surface area contributed by atoms with Crippen molar-refractivity contribution >= 4 is 12.6 Å². The van der Waals surface area contributed by atoms with Crippen molar-refractivity contribution in [2.24, 2.45) is 5.73 Å². The van der Waals surface area contributed by atoms with Gasteiger partial charge in [-0.25, -0.2) is 0 Å². The highest BCUT2D eigenvalue weighted by Crippen LogP contribution is 1.91. The molecule has 0 amide bonds. The van der Waals surface area contributed by atoms with Gasteiger partial charge in [-0.15, -0.1) is 0 Å². The van der Waals surface area contributed by atoms with E-state index in [1.165, 1.54) is 0 Å². The molecule has 0 radical (unpaired) electrons. The fourth-order valence-corrected chi connectivity index (χ4v) is 1.01. The Bertz CT molecular complexity index is 92.5. The van der Waals surface area contributed by atoms with Crippen molar-refractivity contribution in [3.8, 4) is 0 Å². The van der Waals surface area contributed by atoms with Crippen LogP contribution < -0.4 is 5.73 Å². The Morgan fingerprint density at radius 2 is 2.27 bits per heavy atom. The standard InChI is InChI=1S/C7H18N2OS/c1-9(3-2-4-11)6-7(10)5-8/h7,10-11H,2-6,8H2,1H3. The van der Waals surface area contributed by atoms with Gasteiger partial charge in [0.15, 0.2) is 0 Å². The number of likely N-dealkylation sites (N-methyl/N-ethyl adjacent to an activating group) is 1. The maximum atomic E-state index is 9.14. The van der Waals surface area contributed by atoms with Gasteiger partial charge in [0.2, 0.25) is 0 Å². The molecule has 0 aliphatic rings. The Morgan fingerprint density at radius 1 is 1.64 bits per heavy atom. The quantitative estimate of drug-likeness (QED) is 0.483. The molecule has 0 fully saturated rings. The van der Waals surface area contributed by atoms with E-state index in [2.05, 4.69) is 17.5 Å². The second kappa shape index (κ2) is 6.91. The van der Waals surface area contributed by atoms with Crippen molar-refractivity contribution in [1.29, 1.82) is 0 Å². The summed E-state index contributed by atoms with van der Waals surface area (Å²) in [5, 5.41) is 9.14. The zero-order valence-electron chi connectivity index (χ0n) is 7.03. The first-order valence-electron chi connectivity index (χ1n) is 3.88. The number of nitrogens with two attached hydrogens (primary N) is 1. The van der Waals surface area contributed by atoms with Crippen LogP contribution in [0.5, 0.6) is 0 Å². The summed E-state index contributed by atoms with van der Waals surface area (Å²) in [5.74, 6) is 0.892. The van der Waals surface area contributed by atoms with E-state index in [0.29, 0.717) is 13.1 Å². The normalized spacial score (nSPS) is 13.9. The van der Waals surface area contributed by atoms with Crippen molar-refractivity contribution in [1.82, 2.24) is 4.90 Å². The SMILES string of the molecule is CN(CCCS)CC(O)CN. The minimum Gasteiger partial charge on any atom is -0.390 e. The summed E-state index contributed by atoms with van der Waals surface area (Å²) in [6.45, 7) is 1.97. The number of nitrogens with zero attached hydrogens (tertiary/aromatic N) is 1. The predicted octanol–water partition coefficient (Wildman–Crippen LogP) is -0.442. The van der Waals surface area contributed by atoms with Gasteiger partial charge in [-0.1, -0.05) is 0 Å². The lowest BCUT2D eigenvalue weighted by molar-refractivity contribution is 0.132. The predicted molar refractivity (Wildman–Crippen MR) is 51.0 cm³/mol. The number of thiol groups is 1. The van der Waals surface area contributed by atoms with Gasteiger partial charge in [-0.2, -0.15) is 12.6 Å². The number of hydrogen-bond donors (Lipinski definition) is 3. The van der Waals surface area contributed by atoms with E-state index in [9.17, 15) is 0 Å². The minimum atomic E-state index is -0.389. The molecule has 0 heterocycles. The summed E-state index contributed by atoms with van der Waals surface area (Å²) in [5.41, 5.74) is 5.26. The van der Waals surface area contributed by atoms with Gasteiger partial charge in [0.25, 0.3) is 0 Å². The maximum Gasteiger partial charge on any atom is 0.0788 e. The van der Waals surface area contributed by atoms with E-state index in [1.807, 2.05) is 7.05 Å². The van der Waals surface area contributed by atoms with Crippen LogP contribution in [0.2, 0.25) is 0 Å². The van der Waals surface area contributed by atoms with Crippen LogP contribution in [-0.4, -0.2) is 48.5 Å². The first kappa shape index (κ1) is 11.2. The highest BCUT2D eigenvalue weighted by molar-refractivity contribution is 7.80. The van der Waals surface area contributed by atoms with Crippen LogP contribution in [0, 0.1) is 0 Å². The van der Waals surface area contributed by atoms with Crippen LogP contribution in [0.25, 0.3) is 0 Å². The maximum absolute atomic E-state index is 9.14. The van der Waals surface area contributed by atoms with Crippen LogP contribution >= 0.6 is 12.6 Å². The molecule has 0 aromatic rings. The number of rotatable bonds is 6. The Kier molecular flexibility index (Phi) is 7.06. The highest BCUT2D eigenvalue weighted by atomic mass is 32.1. The molecule has 0 spiro atoms. The fourth-order valence-electron chi connectivity index (χ4n) is 0.866. The van der Waals surface area contributed by atoms with E-state index in [4.69, 9.17) is 10.8 Å². The monoisotopic (exact) mass is 178 g/mol.